The Bertz CT molecular complexity index is 911. The average Bonchev–Trinajstić information content (AvgIpc) is 2.98. The number of benzene rings is 2. The Balaban J connectivity index is 1.86. The van der Waals surface area contributed by atoms with Crippen molar-refractivity contribution in [3.05, 3.63) is 54.7 Å². The van der Waals surface area contributed by atoms with E-state index in [9.17, 15) is 0 Å². The number of hydrogen-bond donors (Lipinski definition) is 0. The summed E-state index contributed by atoms with van der Waals surface area (Å²) in [6.07, 6.45) is 1.77. The fourth-order valence-corrected chi connectivity index (χ4v) is 2.34. The predicted octanol–water partition coefficient (Wildman–Crippen LogP) is 4.05. The van der Waals surface area contributed by atoms with Gasteiger partial charge in [-0.2, -0.15) is 0 Å². The van der Waals surface area contributed by atoms with Gasteiger partial charge in [-0.25, -0.2) is 4.98 Å². The van der Waals surface area contributed by atoms with Crippen molar-refractivity contribution in [1.82, 2.24) is 9.97 Å². The first-order valence-corrected chi connectivity index (χ1v) is 6.63. The van der Waals surface area contributed by atoms with Crippen molar-refractivity contribution in [2.45, 2.75) is 0 Å². The van der Waals surface area contributed by atoms with Crippen LogP contribution in [0.5, 0.6) is 5.75 Å². The predicted molar refractivity (Wildman–Crippen MR) is 81.3 cm³/mol. The first kappa shape index (κ1) is 11.9. The van der Waals surface area contributed by atoms with Gasteiger partial charge in [0.2, 0.25) is 5.89 Å². The van der Waals surface area contributed by atoms with E-state index in [0.29, 0.717) is 5.89 Å². The zero-order chi connectivity index (χ0) is 14.2. The number of para-hydroxylation sites is 2. The van der Waals surface area contributed by atoms with E-state index in [1.54, 1.807) is 13.3 Å². The summed E-state index contributed by atoms with van der Waals surface area (Å²) in [4.78, 5) is 8.95. The summed E-state index contributed by atoms with van der Waals surface area (Å²) in [7, 11) is 1.65. The van der Waals surface area contributed by atoms with Crippen LogP contribution >= 0.6 is 0 Å². The quantitative estimate of drug-likeness (QED) is 0.554. The van der Waals surface area contributed by atoms with Gasteiger partial charge in [0.25, 0.3) is 0 Å². The van der Waals surface area contributed by atoms with E-state index < -0.39 is 0 Å². The van der Waals surface area contributed by atoms with Crippen LogP contribution in [0.1, 0.15) is 0 Å². The maximum atomic E-state index is 5.77. The Labute approximate surface area is 121 Å². The van der Waals surface area contributed by atoms with Crippen molar-refractivity contribution in [3.8, 4) is 17.2 Å². The molecule has 4 nitrogen and oxygen atoms in total. The second-order valence-electron chi connectivity index (χ2n) is 4.77. The Morgan fingerprint density at radius 3 is 2.76 bits per heavy atom. The lowest BCUT2D eigenvalue weighted by atomic mass is 10.1. The normalized spacial score (nSPS) is 11.1. The van der Waals surface area contributed by atoms with Crippen LogP contribution in [-0.2, 0) is 0 Å². The lowest BCUT2D eigenvalue weighted by molar-refractivity contribution is 0.415. The van der Waals surface area contributed by atoms with Crippen LogP contribution in [0.2, 0.25) is 0 Å². The van der Waals surface area contributed by atoms with E-state index in [0.717, 1.165) is 33.3 Å². The average molecular weight is 276 g/mol. The summed E-state index contributed by atoms with van der Waals surface area (Å²) in [5.41, 5.74) is 3.38. The minimum absolute atomic E-state index is 0.585. The molecular weight excluding hydrogens is 264 g/mol. The molecule has 0 aliphatic carbocycles. The number of ether oxygens (including phenoxy) is 1. The molecule has 0 spiro atoms. The second kappa shape index (κ2) is 4.59. The minimum atomic E-state index is 0.585. The molecule has 0 radical (unpaired) electrons. The number of hydrogen-bond acceptors (Lipinski definition) is 4. The summed E-state index contributed by atoms with van der Waals surface area (Å²) in [5.74, 6) is 1.38. The van der Waals surface area contributed by atoms with E-state index >= 15 is 0 Å². The summed E-state index contributed by atoms with van der Waals surface area (Å²) in [6.45, 7) is 0. The van der Waals surface area contributed by atoms with Crippen LogP contribution in [0.3, 0.4) is 0 Å². The molecule has 4 heteroatoms. The number of pyridine rings is 1. The van der Waals surface area contributed by atoms with Gasteiger partial charge in [0.15, 0.2) is 5.58 Å². The summed E-state index contributed by atoms with van der Waals surface area (Å²) in [5, 5.41) is 1.02. The van der Waals surface area contributed by atoms with Gasteiger partial charge in [-0.3, -0.25) is 4.98 Å². The third-order valence-corrected chi connectivity index (χ3v) is 3.43. The SMILES string of the molecule is COc1ccc2cc(-c3nc4ccccc4o3)cnc2c1. The molecule has 0 fully saturated rings. The lowest BCUT2D eigenvalue weighted by Gasteiger charge is -2.02. The molecule has 0 atom stereocenters. The zero-order valence-corrected chi connectivity index (χ0v) is 11.4. The van der Waals surface area contributed by atoms with E-state index in [1.807, 2.05) is 48.5 Å². The van der Waals surface area contributed by atoms with E-state index in [1.165, 1.54) is 0 Å². The molecule has 0 saturated carbocycles. The second-order valence-corrected chi connectivity index (χ2v) is 4.77. The summed E-state index contributed by atoms with van der Waals surface area (Å²) in [6, 6.07) is 15.5. The van der Waals surface area contributed by atoms with Crippen molar-refractivity contribution >= 4 is 22.0 Å². The molecule has 102 valence electrons. The van der Waals surface area contributed by atoms with Crippen molar-refractivity contribution in [2.24, 2.45) is 0 Å². The largest absolute Gasteiger partial charge is 0.497 e. The van der Waals surface area contributed by atoms with Gasteiger partial charge in [0, 0.05) is 17.6 Å². The topological polar surface area (TPSA) is 48.2 Å². The number of fused-ring (bicyclic) bond motifs is 2. The summed E-state index contributed by atoms with van der Waals surface area (Å²) < 4.78 is 11.0. The van der Waals surface area contributed by atoms with Gasteiger partial charge in [0.1, 0.15) is 11.3 Å². The first-order chi connectivity index (χ1) is 10.3. The van der Waals surface area contributed by atoms with E-state index in [-0.39, 0.29) is 0 Å². The zero-order valence-electron chi connectivity index (χ0n) is 11.4. The number of aromatic nitrogens is 2. The Morgan fingerprint density at radius 2 is 1.90 bits per heavy atom. The number of rotatable bonds is 2. The van der Waals surface area contributed by atoms with Gasteiger partial charge in [-0.15, -0.1) is 0 Å². The maximum Gasteiger partial charge on any atom is 0.228 e. The molecule has 2 heterocycles. The van der Waals surface area contributed by atoms with Crippen molar-refractivity contribution in [2.75, 3.05) is 7.11 Å². The van der Waals surface area contributed by atoms with Crippen LogP contribution < -0.4 is 4.74 Å². The Kier molecular flexibility index (Phi) is 2.60. The molecule has 0 aliphatic rings. The molecule has 0 aliphatic heterocycles. The Hall–Kier alpha value is -2.88. The van der Waals surface area contributed by atoms with Gasteiger partial charge in [0.05, 0.1) is 18.2 Å². The van der Waals surface area contributed by atoms with Crippen LogP contribution in [0.15, 0.2) is 59.1 Å². The van der Waals surface area contributed by atoms with Crippen molar-refractivity contribution in [3.63, 3.8) is 0 Å². The third-order valence-electron chi connectivity index (χ3n) is 3.43. The lowest BCUT2D eigenvalue weighted by Crippen LogP contribution is -1.86. The third kappa shape index (κ3) is 2.01. The highest BCUT2D eigenvalue weighted by atomic mass is 16.5. The summed E-state index contributed by atoms with van der Waals surface area (Å²) >= 11 is 0. The molecule has 4 rings (SSSR count). The molecular formula is C17H12N2O2. The molecule has 4 aromatic rings. The van der Waals surface area contributed by atoms with Crippen LogP contribution in [0.25, 0.3) is 33.5 Å². The molecule has 0 unspecified atom stereocenters. The molecule has 0 amide bonds. The molecule has 0 saturated heterocycles. The van der Waals surface area contributed by atoms with E-state index in [4.69, 9.17) is 9.15 Å². The highest BCUT2D eigenvalue weighted by Crippen LogP contribution is 2.27. The maximum absolute atomic E-state index is 5.77. The van der Waals surface area contributed by atoms with Gasteiger partial charge in [-0.1, -0.05) is 12.1 Å². The van der Waals surface area contributed by atoms with Crippen molar-refractivity contribution < 1.29 is 9.15 Å². The monoisotopic (exact) mass is 276 g/mol. The van der Waals surface area contributed by atoms with Crippen molar-refractivity contribution in [1.29, 1.82) is 0 Å². The molecule has 2 aromatic heterocycles. The fourth-order valence-electron chi connectivity index (χ4n) is 2.34. The number of nitrogens with zero attached hydrogens (tertiary/aromatic N) is 2. The van der Waals surface area contributed by atoms with Crippen LogP contribution in [0.4, 0.5) is 0 Å². The smallest absolute Gasteiger partial charge is 0.228 e. The fraction of sp³-hybridized carbons (Fsp3) is 0.0588. The van der Waals surface area contributed by atoms with Gasteiger partial charge < -0.3 is 9.15 Å². The van der Waals surface area contributed by atoms with Gasteiger partial charge >= 0.3 is 0 Å². The molecule has 2 aromatic carbocycles. The van der Waals surface area contributed by atoms with Gasteiger partial charge in [-0.05, 0) is 30.3 Å². The van der Waals surface area contributed by atoms with Crippen LogP contribution in [-0.4, -0.2) is 17.1 Å². The Morgan fingerprint density at radius 1 is 1.00 bits per heavy atom. The highest BCUT2D eigenvalue weighted by molar-refractivity contribution is 5.84. The number of methoxy groups -OCH3 is 1. The minimum Gasteiger partial charge on any atom is -0.497 e. The highest BCUT2D eigenvalue weighted by Gasteiger charge is 2.09. The molecule has 0 bridgehead atoms. The van der Waals surface area contributed by atoms with E-state index in [2.05, 4.69) is 9.97 Å². The first-order valence-electron chi connectivity index (χ1n) is 6.63. The number of oxazole rings is 1. The molecule has 21 heavy (non-hydrogen) atoms. The molecule has 0 N–H and O–H groups in total. The standard InChI is InChI=1S/C17H12N2O2/c1-20-13-7-6-11-8-12(10-18-15(11)9-13)17-19-14-4-2-3-5-16(14)21-17/h2-10H,1H3. The van der Waals surface area contributed by atoms with Crippen LogP contribution in [0, 0.1) is 0 Å².